The molecule has 1 aliphatic rings. The van der Waals surface area contributed by atoms with Gasteiger partial charge in [0.05, 0.1) is 14.5 Å². The molecule has 3 rings (SSSR count). The first-order chi connectivity index (χ1) is 18.2. The molecule has 0 amide bonds. The molecule has 212 valence electrons. The summed E-state index contributed by atoms with van der Waals surface area (Å²) in [7, 11) is 0.522. The Morgan fingerprint density at radius 3 is 2.33 bits per heavy atom. The van der Waals surface area contributed by atoms with Crippen molar-refractivity contribution in [3.05, 3.63) is 78.5 Å². The highest BCUT2D eigenvalue weighted by Gasteiger charge is 2.51. The number of nitrogens with one attached hydrogen (secondary N) is 1. The zero-order chi connectivity index (χ0) is 29.2. The normalized spacial score (nSPS) is 22.5. The molecule has 3 heteroatoms. The Kier molecular flexibility index (Phi) is 9.40. The minimum atomic E-state index is -1.63. The van der Waals surface area contributed by atoms with Gasteiger partial charge in [0.1, 0.15) is 0 Å². The molecule has 1 aliphatic heterocycles. The molecule has 0 saturated carbocycles. The highest BCUT2D eigenvalue weighted by atomic mass is 28.3. The summed E-state index contributed by atoms with van der Waals surface area (Å²) in [5.74, 6) is 0. The van der Waals surface area contributed by atoms with Crippen LogP contribution in [0.2, 0.25) is 19.6 Å². The lowest BCUT2D eigenvalue weighted by Crippen LogP contribution is -2.59. The second-order valence-corrected chi connectivity index (χ2v) is 19.0. The van der Waals surface area contributed by atoms with Crippen molar-refractivity contribution in [1.29, 1.82) is 0 Å². The highest BCUT2D eigenvalue weighted by molar-refractivity contribution is 6.89. The van der Waals surface area contributed by atoms with E-state index in [1.54, 1.807) is 5.19 Å². The molecular formula is C36H55N2Si+. The number of rotatable bonds is 7. The highest BCUT2D eigenvalue weighted by Crippen LogP contribution is 2.51. The largest absolute Gasteiger partial charge is 0.313 e. The number of fused-ring (bicyclic) bond motifs is 3. The first-order valence-electron chi connectivity index (χ1n) is 15.0. The first kappa shape index (κ1) is 31.3. The van der Waals surface area contributed by atoms with Crippen molar-refractivity contribution < 1.29 is 4.57 Å². The van der Waals surface area contributed by atoms with Gasteiger partial charge in [-0.2, -0.15) is 4.57 Å². The molecule has 0 fully saturated rings. The summed E-state index contributed by atoms with van der Waals surface area (Å²) in [6.45, 7) is 30.8. The first-order valence-corrected chi connectivity index (χ1v) is 18.5. The molecule has 1 aromatic carbocycles. The Morgan fingerprint density at radius 2 is 1.79 bits per heavy atom. The molecule has 2 aromatic rings. The van der Waals surface area contributed by atoms with Gasteiger partial charge in [0, 0.05) is 27.8 Å². The van der Waals surface area contributed by atoms with Crippen molar-refractivity contribution in [2.75, 3.05) is 7.05 Å². The van der Waals surface area contributed by atoms with E-state index < -0.39 is 8.07 Å². The van der Waals surface area contributed by atoms with Gasteiger partial charge in [0.2, 0.25) is 5.69 Å². The maximum absolute atomic E-state index is 4.82. The van der Waals surface area contributed by atoms with Crippen molar-refractivity contribution in [3.8, 4) is 11.3 Å². The number of pyridine rings is 1. The van der Waals surface area contributed by atoms with Crippen molar-refractivity contribution in [3.63, 3.8) is 0 Å². The Morgan fingerprint density at radius 1 is 1.13 bits per heavy atom. The van der Waals surface area contributed by atoms with Crippen molar-refractivity contribution in [2.24, 2.45) is 10.8 Å². The average molecular weight is 544 g/mol. The summed E-state index contributed by atoms with van der Waals surface area (Å²) in [4.78, 5) is 0. The molecule has 39 heavy (non-hydrogen) atoms. The number of hydrogen-bond acceptors (Lipinski definition) is 1. The smallest absolute Gasteiger partial charge is 0.218 e. The van der Waals surface area contributed by atoms with E-state index in [4.69, 9.17) is 6.58 Å². The second kappa shape index (κ2) is 11.7. The quantitative estimate of drug-likeness (QED) is 0.210. The molecule has 0 bridgehead atoms. The van der Waals surface area contributed by atoms with Gasteiger partial charge in [0.25, 0.3) is 0 Å². The molecule has 1 aromatic heterocycles. The fourth-order valence-corrected chi connectivity index (χ4v) is 8.81. The molecule has 1 N–H and O–H groups in total. The van der Waals surface area contributed by atoms with Crippen LogP contribution in [0.15, 0.2) is 67.4 Å². The van der Waals surface area contributed by atoms with Gasteiger partial charge < -0.3 is 5.32 Å². The van der Waals surface area contributed by atoms with E-state index in [1.807, 2.05) is 0 Å². The monoisotopic (exact) mass is 543 g/mol. The van der Waals surface area contributed by atoms with E-state index in [0.29, 0.717) is 0 Å². The van der Waals surface area contributed by atoms with Crippen LogP contribution in [0.3, 0.4) is 0 Å². The molecule has 2 atom stereocenters. The van der Waals surface area contributed by atoms with Crippen LogP contribution in [0, 0.1) is 10.8 Å². The standard InChI is InChI=1S/C36H55N2Si/c1-13-18-27(4)35(14-2)22-21-29-19-16-17-20-31(29)32-23-30(25-34(6,7)8)33(39(10,11)12)26-38(32)28(5)24-36(35,15-3)37-9/h13,16-20,23,26,37H,4-5,14-15,21-22,24-25H2,1-3,6-12H3/q+1/b18-13-. The van der Waals surface area contributed by atoms with E-state index >= 15 is 0 Å². The van der Waals surface area contributed by atoms with Gasteiger partial charge in [0.15, 0.2) is 11.9 Å². The van der Waals surface area contributed by atoms with Crippen LogP contribution in [0.1, 0.15) is 78.4 Å². The SMILES string of the molecule is C=C1CC(CC)(NC)C(CC)(C(=C)/C=C\C)CCc2ccccc2-c2cc(CC(C)(C)C)c([Si](C)(C)C)c[n+]21. The summed E-state index contributed by atoms with van der Waals surface area (Å²) in [5, 5.41) is 5.42. The lowest BCUT2D eigenvalue weighted by Gasteiger charge is -2.51. The lowest BCUT2D eigenvalue weighted by molar-refractivity contribution is -0.571. The molecule has 0 spiro atoms. The topological polar surface area (TPSA) is 15.9 Å². The number of allylic oxidation sites excluding steroid dienone is 2. The van der Waals surface area contributed by atoms with Gasteiger partial charge >= 0.3 is 0 Å². The average Bonchev–Trinajstić information content (AvgIpc) is 2.86. The molecule has 0 radical (unpaired) electrons. The lowest BCUT2D eigenvalue weighted by atomic mass is 9.57. The third-order valence-electron chi connectivity index (χ3n) is 9.25. The van der Waals surface area contributed by atoms with Gasteiger partial charge in [-0.3, -0.25) is 0 Å². The summed E-state index contributed by atoms with van der Waals surface area (Å²) >= 11 is 0. The molecule has 2 heterocycles. The van der Waals surface area contributed by atoms with Crippen LogP contribution < -0.4 is 15.1 Å². The Labute approximate surface area is 241 Å². The minimum Gasteiger partial charge on any atom is -0.313 e. The second-order valence-electron chi connectivity index (χ2n) is 14.0. The summed E-state index contributed by atoms with van der Waals surface area (Å²) in [6, 6.07) is 11.6. The molecule has 0 saturated heterocycles. The predicted molar refractivity (Wildman–Crippen MR) is 175 cm³/mol. The van der Waals surface area contributed by atoms with E-state index in [-0.39, 0.29) is 16.4 Å². The maximum Gasteiger partial charge on any atom is 0.218 e. The Balaban J connectivity index is 2.42. The number of benzene rings is 1. The summed E-state index contributed by atoms with van der Waals surface area (Å²) < 4.78 is 2.46. The fraction of sp³-hybridized carbons (Fsp3) is 0.528. The zero-order valence-corrected chi connectivity index (χ0v) is 27.7. The fourth-order valence-electron chi connectivity index (χ4n) is 7.17. The third-order valence-corrected chi connectivity index (χ3v) is 11.3. The van der Waals surface area contributed by atoms with E-state index in [0.717, 1.165) is 44.2 Å². The van der Waals surface area contributed by atoms with Gasteiger partial charge in [-0.25, -0.2) is 0 Å². The molecular weight excluding hydrogens is 488 g/mol. The Bertz CT molecular complexity index is 1230. The molecule has 2 nitrogen and oxygen atoms in total. The number of aryl methyl sites for hydroxylation is 1. The molecule has 2 unspecified atom stereocenters. The van der Waals surface area contributed by atoms with Crippen LogP contribution >= 0.6 is 0 Å². The van der Waals surface area contributed by atoms with E-state index in [1.165, 1.54) is 28.0 Å². The van der Waals surface area contributed by atoms with E-state index in [2.05, 4.69) is 133 Å². The third kappa shape index (κ3) is 6.10. The number of aromatic nitrogens is 1. The van der Waals surface area contributed by atoms with Crippen LogP contribution in [-0.4, -0.2) is 20.7 Å². The Hall–Kier alpha value is -2.23. The van der Waals surface area contributed by atoms with Crippen LogP contribution in [0.4, 0.5) is 0 Å². The van der Waals surface area contributed by atoms with Crippen molar-refractivity contribution in [2.45, 2.75) is 105 Å². The van der Waals surface area contributed by atoms with Crippen LogP contribution in [0.5, 0.6) is 0 Å². The summed E-state index contributed by atoms with van der Waals surface area (Å²) in [5.41, 5.74) is 7.90. The van der Waals surface area contributed by atoms with Gasteiger partial charge in [-0.15, -0.1) is 0 Å². The minimum absolute atomic E-state index is 0.0924. The molecule has 0 aliphatic carbocycles. The van der Waals surface area contributed by atoms with E-state index in [9.17, 15) is 0 Å². The predicted octanol–water partition coefficient (Wildman–Crippen LogP) is 8.48. The van der Waals surface area contributed by atoms with Gasteiger partial charge in [-0.1, -0.05) is 91.2 Å². The maximum atomic E-state index is 4.82. The van der Waals surface area contributed by atoms with Crippen molar-refractivity contribution in [1.82, 2.24) is 5.32 Å². The summed E-state index contributed by atoms with van der Waals surface area (Å²) in [6.07, 6.45) is 12.9. The van der Waals surface area contributed by atoms with Crippen molar-refractivity contribution >= 4 is 19.0 Å². The van der Waals surface area contributed by atoms with Gasteiger partial charge in [-0.05, 0) is 80.8 Å². The van der Waals surface area contributed by atoms with Crippen LogP contribution in [0.25, 0.3) is 17.0 Å². The van der Waals surface area contributed by atoms with Crippen LogP contribution in [-0.2, 0) is 12.8 Å². The number of hydrogen-bond donors (Lipinski definition) is 1. The number of nitrogens with zero attached hydrogens (tertiary/aromatic N) is 1. The zero-order valence-electron chi connectivity index (χ0n) is 26.7.